The van der Waals surface area contributed by atoms with Gasteiger partial charge in [0.1, 0.15) is 10.7 Å². The Balaban J connectivity index is 2.02. The van der Waals surface area contributed by atoms with Gasteiger partial charge in [-0.2, -0.15) is 4.31 Å². The fourth-order valence-corrected chi connectivity index (χ4v) is 4.01. The Bertz CT molecular complexity index is 627. The fourth-order valence-electron chi connectivity index (χ4n) is 2.47. The van der Waals surface area contributed by atoms with Crippen LogP contribution < -0.4 is 5.32 Å². The van der Waals surface area contributed by atoms with Crippen molar-refractivity contribution in [2.45, 2.75) is 17.7 Å². The summed E-state index contributed by atoms with van der Waals surface area (Å²) >= 11 is 0. The second-order valence-electron chi connectivity index (χ2n) is 5.12. The van der Waals surface area contributed by atoms with Crippen LogP contribution in [0.15, 0.2) is 29.2 Å². The zero-order valence-electron chi connectivity index (χ0n) is 12.0. The summed E-state index contributed by atoms with van der Waals surface area (Å²) in [5, 5.41) is 11.3. The molecule has 1 aliphatic rings. The fraction of sp³-hybridized carbons (Fsp3) is 0.500. The van der Waals surface area contributed by atoms with E-state index in [9.17, 15) is 17.6 Å². The molecule has 1 aromatic rings. The number of sulfonamides is 1. The first-order chi connectivity index (χ1) is 10.5. The van der Waals surface area contributed by atoms with Gasteiger partial charge in [-0.25, -0.2) is 12.8 Å². The number of hydrogen-bond acceptors (Lipinski definition) is 4. The number of nitrogens with one attached hydrogen (secondary N) is 1. The van der Waals surface area contributed by atoms with Crippen LogP contribution >= 0.6 is 0 Å². The lowest BCUT2D eigenvalue weighted by molar-refractivity contribution is -0.126. The Morgan fingerprint density at radius 2 is 1.95 bits per heavy atom. The molecule has 8 heteroatoms. The third kappa shape index (κ3) is 3.63. The number of halogens is 1. The highest BCUT2D eigenvalue weighted by atomic mass is 32.2. The molecule has 0 radical (unpaired) electrons. The van der Waals surface area contributed by atoms with Crippen LogP contribution in [0.1, 0.15) is 12.8 Å². The number of piperidine rings is 1. The molecule has 1 fully saturated rings. The lowest BCUT2D eigenvalue weighted by Crippen LogP contribution is -2.43. The van der Waals surface area contributed by atoms with Crippen molar-refractivity contribution in [1.82, 2.24) is 9.62 Å². The van der Waals surface area contributed by atoms with Crippen molar-refractivity contribution in [2.75, 3.05) is 26.2 Å². The molecule has 0 spiro atoms. The quantitative estimate of drug-likeness (QED) is 0.815. The molecule has 0 saturated carbocycles. The molecule has 22 heavy (non-hydrogen) atoms. The molecular weight excluding hydrogens is 311 g/mol. The number of benzene rings is 1. The zero-order valence-corrected chi connectivity index (χ0v) is 12.9. The average Bonchev–Trinajstić information content (AvgIpc) is 2.53. The highest BCUT2D eigenvalue weighted by Gasteiger charge is 2.33. The van der Waals surface area contributed by atoms with Crippen molar-refractivity contribution >= 4 is 15.9 Å². The minimum atomic E-state index is -3.87. The molecule has 1 heterocycles. The van der Waals surface area contributed by atoms with Crippen molar-refractivity contribution in [3.63, 3.8) is 0 Å². The molecule has 1 saturated heterocycles. The Hall–Kier alpha value is -1.51. The van der Waals surface area contributed by atoms with Gasteiger partial charge < -0.3 is 10.4 Å². The third-order valence-corrected chi connectivity index (χ3v) is 5.62. The van der Waals surface area contributed by atoms with E-state index in [-0.39, 0.29) is 43.0 Å². The van der Waals surface area contributed by atoms with Gasteiger partial charge in [0, 0.05) is 25.6 Å². The second-order valence-corrected chi connectivity index (χ2v) is 7.03. The van der Waals surface area contributed by atoms with Gasteiger partial charge in [0.05, 0.1) is 6.61 Å². The van der Waals surface area contributed by atoms with Crippen LogP contribution in [0.4, 0.5) is 4.39 Å². The van der Waals surface area contributed by atoms with E-state index >= 15 is 0 Å². The van der Waals surface area contributed by atoms with Crippen molar-refractivity contribution in [3.8, 4) is 0 Å². The molecular formula is C14H19FN2O4S. The van der Waals surface area contributed by atoms with Gasteiger partial charge in [-0.05, 0) is 25.0 Å². The SMILES string of the molecule is O=C(NCCO)C1CCN(S(=O)(=O)c2ccccc2F)CC1. The zero-order chi connectivity index (χ0) is 16.2. The Morgan fingerprint density at radius 1 is 1.32 bits per heavy atom. The van der Waals surface area contributed by atoms with E-state index in [0.29, 0.717) is 12.8 Å². The summed E-state index contributed by atoms with van der Waals surface area (Å²) in [4.78, 5) is 11.5. The third-order valence-electron chi connectivity index (χ3n) is 3.69. The number of carbonyl (C=O) groups excluding carboxylic acids is 1. The molecule has 122 valence electrons. The van der Waals surface area contributed by atoms with E-state index in [1.807, 2.05) is 0 Å². The first-order valence-electron chi connectivity index (χ1n) is 7.10. The minimum absolute atomic E-state index is 0.133. The van der Waals surface area contributed by atoms with Crippen molar-refractivity contribution in [2.24, 2.45) is 5.92 Å². The lowest BCUT2D eigenvalue weighted by atomic mass is 9.97. The van der Waals surface area contributed by atoms with E-state index < -0.39 is 15.8 Å². The molecule has 1 amide bonds. The average molecular weight is 330 g/mol. The number of aliphatic hydroxyl groups is 1. The van der Waals surface area contributed by atoms with Gasteiger partial charge >= 0.3 is 0 Å². The second kappa shape index (κ2) is 7.17. The van der Waals surface area contributed by atoms with E-state index in [1.165, 1.54) is 22.5 Å². The number of carbonyl (C=O) groups is 1. The van der Waals surface area contributed by atoms with E-state index in [2.05, 4.69) is 5.32 Å². The van der Waals surface area contributed by atoms with Crippen molar-refractivity contribution in [1.29, 1.82) is 0 Å². The van der Waals surface area contributed by atoms with Crippen LogP contribution in [0, 0.1) is 11.7 Å². The van der Waals surface area contributed by atoms with E-state index in [1.54, 1.807) is 0 Å². The molecule has 0 aliphatic carbocycles. The largest absolute Gasteiger partial charge is 0.395 e. The van der Waals surface area contributed by atoms with Gasteiger partial charge in [-0.3, -0.25) is 4.79 Å². The Morgan fingerprint density at radius 3 is 2.55 bits per heavy atom. The number of nitrogens with zero attached hydrogens (tertiary/aromatic N) is 1. The van der Waals surface area contributed by atoms with Gasteiger partial charge in [0.2, 0.25) is 15.9 Å². The van der Waals surface area contributed by atoms with Crippen LogP contribution in [0.25, 0.3) is 0 Å². The molecule has 2 rings (SSSR count). The van der Waals surface area contributed by atoms with Gasteiger partial charge in [0.25, 0.3) is 0 Å². The molecule has 1 aromatic carbocycles. The van der Waals surface area contributed by atoms with E-state index in [0.717, 1.165) is 6.07 Å². The normalized spacial score (nSPS) is 17.4. The highest BCUT2D eigenvalue weighted by molar-refractivity contribution is 7.89. The Kier molecular flexibility index (Phi) is 5.49. The number of amides is 1. The van der Waals surface area contributed by atoms with Crippen LogP contribution in [-0.4, -0.2) is 50.0 Å². The minimum Gasteiger partial charge on any atom is -0.395 e. The van der Waals surface area contributed by atoms with Crippen molar-refractivity contribution < 1.29 is 22.7 Å². The molecule has 2 N–H and O–H groups in total. The number of aliphatic hydroxyl groups excluding tert-OH is 1. The van der Waals surface area contributed by atoms with Crippen LogP contribution in [0.5, 0.6) is 0 Å². The number of rotatable bonds is 5. The maximum Gasteiger partial charge on any atom is 0.245 e. The topological polar surface area (TPSA) is 86.7 Å². The standard InChI is InChI=1S/C14H19FN2O4S/c15-12-3-1-2-4-13(12)22(20,21)17-8-5-11(6-9-17)14(19)16-7-10-18/h1-4,11,18H,5-10H2,(H,16,19). The number of hydrogen-bond donors (Lipinski definition) is 2. The molecule has 6 nitrogen and oxygen atoms in total. The molecule has 0 atom stereocenters. The lowest BCUT2D eigenvalue weighted by Gasteiger charge is -2.30. The summed E-state index contributed by atoms with van der Waals surface area (Å²) in [6.45, 7) is 0.403. The predicted molar refractivity (Wildman–Crippen MR) is 78.0 cm³/mol. The van der Waals surface area contributed by atoms with Gasteiger partial charge in [-0.15, -0.1) is 0 Å². The Labute approximate surface area is 129 Å². The van der Waals surface area contributed by atoms with Crippen LogP contribution in [-0.2, 0) is 14.8 Å². The maximum atomic E-state index is 13.7. The molecule has 0 unspecified atom stereocenters. The summed E-state index contributed by atoms with van der Waals surface area (Å²) < 4.78 is 39.7. The van der Waals surface area contributed by atoms with Crippen LogP contribution in [0.3, 0.4) is 0 Å². The molecule has 1 aliphatic heterocycles. The first kappa shape index (κ1) is 16.9. The molecule has 0 bridgehead atoms. The summed E-state index contributed by atoms with van der Waals surface area (Å²) in [7, 11) is -3.87. The van der Waals surface area contributed by atoms with Gasteiger partial charge in [0.15, 0.2) is 0 Å². The van der Waals surface area contributed by atoms with Crippen LogP contribution in [0.2, 0.25) is 0 Å². The summed E-state index contributed by atoms with van der Waals surface area (Å²) in [6, 6.07) is 5.27. The highest BCUT2D eigenvalue weighted by Crippen LogP contribution is 2.25. The predicted octanol–water partition coefficient (Wildman–Crippen LogP) is 0.335. The first-order valence-corrected chi connectivity index (χ1v) is 8.54. The smallest absolute Gasteiger partial charge is 0.245 e. The summed E-state index contributed by atoms with van der Waals surface area (Å²) in [5.41, 5.74) is 0. The summed E-state index contributed by atoms with van der Waals surface area (Å²) in [6.07, 6.45) is 0.760. The molecule has 0 aromatic heterocycles. The van der Waals surface area contributed by atoms with Gasteiger partial charge in [-0.1, -0.05) is 12.1 Å². The monoisotopic (exact) mass is 330 g/mol. The van der Waals surface area contributed by atoms with E-state index in [4.69, 9.17) is 5.11 Å². The summed E-state index contributed by atoms with van der Waals surface area (Å²) in [5.74, 6) is -1.24. The maximum absolute atomic E-state index is 13.7. The van der Waals surface area contributed by atoms with Crippen molar-refractivity contribution in [3.05, 3.63) is 30.1 Å².